The van der Waals surface area contributed by atoms with Gasteiger partial charge in [-0.05, 0) is 73.3 Å². The summed E-state index contributed by atoms with van der Waals surface area (Å²) in [4.78, 5) is 32.7. The first-order chi connectivity index (χ1) is 23.3. The van der Waals surface area contributed by atoms with Gasteiger partial charge in [0.1, 0.15) is 22.3 Å². The van der Waals surface area contributed by atoms with Crippen molar-refractivity contribution in [3.8, 4) is 11.5 Å². The lowest BCUT2D eigenvalue weighted by Crippen LogP contribution is -2.52. The van der Waals surface area contributed by atoms with Gasteiger partial charge in [-0.2, -0.15) is 0 Å². The van der Waals surface area contributed by atoms with E-state index in [-0.39, 0.29) is 18.5 Å². The van der Waals surface area contributed by atoms with E-state index in [0.29, 0.717) is 49.8 Å². The molecule has 0 saturated carbocycles. The number of anilines is 1. The molecule has 4 heterocycles. The standard InChI is InChI=1S/C37H37Cl2N3O6/c1-45-31-12-11-25(18-33(31)46-2)32(19-28-29(38)20-40-21-30(28)39)47-36(43)26-9-6-10-27(17-26)41-35(24-7-4-3-5-8-24)37(44)48-34-22-42-15-13-23(34)14-16-42/h3-12,17-18,20-21,23,32,34-35,41H,13-16,19,22H2,1-2H3/p+1/t32-,34-,35?/m0/s1. The van der Waals surface area contributed by atoms with Crippen molar-refractivity contribution >= 4 is 40.8 Å². The number of carbonyl (C=O) groups is 2. The van der Waals surface area contributed by atoms with Gasteiger partial charge in [0.15, 0.2) is 29.9 Å². The van der Waals surface area contributed by atoms with Gasteiger partial charge in [0.05, 0.1) is 19.8 Å². The molecule has 0 radical (unpaired) electrons. The number of hydrogen-bond acceptors (Lipinski definition) is 8. The Bertz CT molecular complexity index is 1730. The number of benzene rings is 3. The fourth-order valence-corrected chi connectivity index (χ4v) is 6.95. The maximum atomic E-state index is 13.8. The number of aromatic amines is 1. The van der Waals surface area contributed by atoms with Gasteiger partial charge >= 0.3 is 11.9 Å². The number of aromatic nitrogens is 1. The molecule has 11 heteroatoms. The number of carbonyl (C=O) groups excluding carboxylic acids is 2. The summed E-state index contributed by atoms with van der Waals surface area (Å²) in [5.41, 5.74) is 2.90. The number of halogens is 2. The summed E-state index contributed by atoms with van der Waals surface area (Å²) < 4.78 is 23.2. The quantitative estimate of drug-likeness (QED) is 0.163. The van der Waals surface area contributed by atoms with Crippen LogP contribution in [0.5, 0.6) is 11.5 Å². The highest BCUT2D eigenvalue weighted by Gasteiger charge is 2.38. The first kappa shape index (κ1) is 33.6. The van der Waals surface area contributed by atoms with Crippen LogP contribution >= 0.6 is 23.2 Å². The summed E-state index contributed by atoms with van der Waals surface area (Å²) in [6, 6.07) is 20.9. The zero-order chi connectivity index (χ0) is 33.6. The van der Waals surface area contributed by atoms with Crippen LogP contribution in [0, 0.1) is 5.92 Å². The predicted molar refractivity (Wildman–Crippen MR) is 183 cm³/mol. The Balaban J connectivity index is 1.24. The molecule has 0 aliphatic carbocycles. The predicted octanol–water partition coefficient (Wildman–Crippen LogP) is 6.76. The minimum Gasteiger partial charge on any atom is -0.493 e. The van der Waals surface area contributed by atoms with Gasteiger partial charge in [-0.25, -0.2) is 14.6 Å². The Hall–Kier alpha value is -4.31. The molecule has 2 N–H and O–H groups in total. The average molecular weight is 692 g/mol. The molecule has 1 aromatic heterocycles. The molecule has 3 fully saturated rings. The summed E-state index contributed by atoms with van der Waals surface area (Å²) in [6.45, 7) is 2.87. The highest BCUT2D eigenvalue weighted by molar-refractivity contribution is 6.35. The number of ether oxygens (including phenoxy) is 4. The van der Waals surface area contributed by atoms with Gasteiger partial charge in [-0.1, -0.05) is 65.7 Å². The molecule has 3 atom stereocenters. The van der Waals surface area contributed by atoms with Gasteiger partial charge in [-0.15, -0.1) is 0 Å². The minimum absolute atomic E-state index is 0.132. The third-order valence-corrected chi connectivity index (χ3v) is 9.73. The summed E-state index contributed by atoms with van der Waals surface area (Å²) in [7, 11) is 3.09. The lowest BCUT2D eigenvalue weighted by molar-refractivity contribution is -0.377. The van der Waals surface area contributed by atoms with E-state index < -0.39 is 18.1 Å². The van der Waals surface area contributed by atoms with Crippen molar-refractivity contribution in [3.63, 3.8) is 0 Å². The van der Waals surface area contributed by atoms with E-state index in [1.54, 1.807) is 62.0 Å². The van der Waals surface area contributed by atoms with Crippen molar-refractivity contribution in [2.75, 3.05) is 39.2 Å². The molecular weight excluding hydrogens is 653 g/mol. The van der Waals surface area contributed by atoms with Crippen LogP contribution in [-0.4, -0.2) is 56.8 Å². The van der Waals surface area contributed by atoms with Crippen LogP contribution in [0.3, 0.4) is 0 Å². The fraction of sp³-hybridized carbons (Fsp3) is 0.324. The Labute approximate surface area is 290 Å². The summed E-state index contributed by atoms with van der Waals surface area (Å²) in [6.07, 6.45) is 4.61. The molecule has 3 aromatic carbocycles. The molecule has 3 saturated heterocycles. The van der Waals surface area contributed by atoms with Crippen molar-refractivity contribution in [2.24, 2.45) is 5.92 Å². The van der Waals surface area contributed by atoms with Crippen LogP contribution in [-0.2, 0) is 20.7 Å². The topological polar surface area (TPSA) is 100 Å². The Morgan fingerprint density at radius 3 is 2.29 bits per heavy atom. The van der Waals surface area contributed by atoms with Crippen LogP contribution in [0.2, 0.25) is 10.0 Å². The third-order valence-electron chi connectivity index (χ3n) is 9.06. The third kappa shape index (κ3) is 7.70. The molecular formula is C37H38Cl2N3O6+. The zero-order valence-electron chi connectivity index (χ0n) is 26.8. The first-order valence-electron chi connectivity index (χ1n) is 15.9. The Morgan fingerprint density at radius 2 is 1.62 bits per heavy atom. The number of nitrogens with zero attached hydrogens (tertiary/aromatic N) is 1. The second-order valence-electron chi connectivity index (χ2n) is 12.0. The molecule has 4 aromatic rings. The second-order valence-corrected chi connectivity index (χ2v) is 12.8. The molecule has 9 nitrogen and oxygen atoms in total. The van der Waals surface area contributed by atoms with E-state index >= 15 is 0 Å². The molecule has 0 amide bonds. The number of hydrogen-bond donors (Lipinski definition) is 1. The van der Waals surface area contributed by atoms with Crippen LogP contribution in [0.15, 0.2) is 85.2 Å². The second kappa shape index (κ2) is 15.3. The fourth-order valence-electron chi connectivity index (χ4n) is 6.42. The van der Waals surface area contributed by atoms with Gasteiger partial charge in [0.25, 0.3) is 0 Å². The smallest absolute Gasteiger partial charge is 0.338 e. The number of nitrogens with one attached hydrogen (secondary N) is 2. The maximum Gasteiger partial charge on any atom is 0.338 e. The largest absolute Gasteiger partial charge is 0.493 e. The number of esters is 2. The molecule has 3 aliphatic heterocycles. The van der Waals surface area contributed by atoms with Crippen LogP contribution in [0.25, 0.3) is 0 Å². The lowest BCUT2D eigenvalue weighted by Gasteiger charge is -2.44. The summed E-state index contributed by atoms with van der Waals surface area (Å²) in [5.74, 6) is 0.480. The van der Waals surface area contributed by atoms with E-state index in [9.17, 15) is 9.59 Å². The molecule has 48 heavy (non-hydrogen) atoms. The molecule has 250 valence electrons. The SMILES string of the molecule is COc1ccc([C@H](Cc2c(Cl)c[nH+]cc2Cl)OC(=O)c2cccc(NC(C(=O)O[C@H]3CN4CCC3CC4)c3ccccc3)c2)cc1OC. The molecule has 1 unspecified atom stereocenters. The Kier molecular flexibility index (Phi) is 10.7. The number of methoxy groups -OCH3 is 2. The van der Waals surface area contributed by atoms with Crippen molar-refractivity contribution in [3.05, 3.63) is 117 Å². The highest BCUT2D eigenvalue weighted by atomic mass is 35.5. The van der Waals surface area contributed by atoms with Gasteiger partial charge in [-0.3, -0.25) is 4.90 Å². The van der Waals surface area contributed by atoms with Crippen LogP contribution in [0.4, 0.5) is 5.69 Å². The monoisotopic (exact) mass is 690 g/mol. The summed E-state index contributed by atoms with van der Waals surface area (Å²) >= 11 is 13.0. The van der Waals surface area contributed by atoms with E-state index in [0.717, 1.165) is 38.0 Å². The van der Waals surface area contributed by atoms with Gasteiger partial charge < -0.3 is 24.3 Å². The highest BCUT2D eigenvalue weighted by Crippen LogP contribution is 2.36. The van der Waals surface area contributed by atoms with Gasteiger partial charge in [0.2, 0.25) is 0 Å². The first-order valence-corrected chi connectivity index (χ1v) is 16.7. The lowest BCUT2D eigenvalue weighted by atomic mass is 9.86. The number of rotatable bonds is 12. The zero-order valence-corrected chi connectivity index (χ0v) is 28.3. The minimum atomic E-state index is -0.778. The van der Waals surface area contributed by atoms with Gasteiger partial charge in [0, 0.05) is 24.2 Å². The molecule has 2 bridgehead atoms. The number of fused-ring (bicyclic) bond motifs is 3. The Morgan fingerprint density at radius 1 is 0.896 bits per heavy atom. The average Bonchev–Trinajstić information content (AvgIpc) is 3.12. The van der Waals surface area contributed by atoms with Crippen molar-refractivity contribution in [2.45, 2.75) is 37.5 Å². The van der Waals surface area contributed by atoms with E-state index in [1.807, 2.05) is 30.3 Å². The van der Waals surface area contributed by atoms with Crippen molar-refractivity contribution < 1.29 is 33.5 Å². The van der Waals surface area contributed by atoms with E-state index in [4.69, 9.17) is 42.1 Å². The summed E-state index contributed by atoms with van der Waals surface area (Å²) in [5, 5.41) is 4.15. The van der Waals surface area contributed by atoms with Crippen LogP contribution in [0.1, 0.15) is 52.0 Å². The van der Waals surface area contributed by atoms with E-state index in [2.05, 4.69) is 15.2 Å². The number of piperidine rings is 3. The van der Waals surface area contributed by atoms with E-state index in [1.165, 1.54) is 7.11 Å². The maximum absolute atomic E-state index is 13.8. The molecule has 3 aliphatic rings. The van der Waals surface area contributed by atoms with Crippen molar-refractivity contribution in [1.29, 1.82) is 0 Å². The molecule has 7 rings (SSSR count). The van der Waals surface area contributed by atoms with Crippen LogP contribution < -0.4 is 19.8 Å². The van der Waals surface area contributed by atoms with Crippen molar-refractivity contribution in [1.82, 2.24) is 4.90 Å². The number of pyridine rings is 1. The normalized spacial score (nSPS) is 19.5. The molecule has 0 spiro atoms. The number of H-pyrrole nitrogens is 1.